The lowest BCUT2D eigenvalue weighted by molar-refractivity contribution is 0.174. The van der Waals surface area contributed by atoms with Gasteiger partial charge in [0.25, 0.3) is 0 Å². The number of rotatable bonds is 7. The predicted molar refractivity (Wildman–Crippen MR) is 117 cm³/mol. The van der Waals surface area contributed by atoms with Crippen molar-refractivity contribution in [3.05, 3.63) is 89.5 Å². The molecule has 0 radical (unpaired) electrons. The Morgan fingerprint density at radius 1 is 0.964 bits per heavy atom. The van der Waals surface area contributed by atoms with E-state index in [0.717, 1.165) is 32.2 Å². The number of aryl methyl sites for hydroxylation is 1. The van der Waals surface area contributed by atoms with E-state index in [9.17, 15) is 9.32 Å². The molecule has 0 unspecified atom stereocenters. The molecule has 146 valence electrons. The molecule has 0 aliphatic carbocycles. The summed E-state index contributed by atoms with van der Waals surface area (Å²) in [6, 6.07) is 22.8. The van der Waals surface area contributed by atoms with Crippen LogP contribution in [0.25, 0.3) is 0 Å². The standard InChI is InChI=1S/C23H24O3S2/c1-16-8-14-19(15-9-16)28(25)21-7-5-4-6-20(21)23(27-3)22(24)17-10-12-18(26-2)13-11-17/h4-15,22-24H,1-3H3/t22-,23-,28-/m0/s1. The first-order valence-electron chi connectivity index (χ1n) is 8.97. The van der Waals surface area contributed by atoms with Crippen molar-refractivity contribution in [3.63, 3.8) is 0 Å². The number of benzene rings is 3. The van der Waals surface area contributed by atoms with Crippen molar-refractivity contribution < 1.29 is 14.1 Å². The second-order valence-electron chi connectivity index (χ2n) is 6.49. The minimum Gasteiger partial charge on any atom is -0.497 e. The Bertz CT molecular complexity index is 937. The molecule has 28 heavy (non-hydrogen) atoms. The molecule has 0 bridgehead atoms. The Balaban J connectivity index is 1.96. The predicted octanol–water partition coefficient (Wildman–Crippen LogP) is 5.31. The van der Waals surface area contributed by atoms with Crippen molar-refractivity contribution in [2.45, 2.75) is 28.1 Å². The van der Waals surface area contributed by atoms with E-state index in [1.54, 1.807) is 18.9 Å². The Hall–Kier alpha value is -2.08. The highest BCUT2D eigenvalue weighted by Crippen LogP contribution is 2.41. The van der Waals surface area contributed by atoms with Gasteiger partial charge in [-0.2, -0.15) is 11.8 Å². The number of hydrogen-bond donors (Lipinski definition) is 1. The Labute approximate surface area is 173 Å². The largest absolute Gasteiger partial charge is 0.497 e. The van der Waals surface area contributed by atoms with Crippen molar-refractivity contribution in [2.75, 3.05) is 13.4 Å². The van der Waals surface area contributed by atoms with Crippen molar-refractivity contribution >= 4 is 22.6 Å². The highest BCUT2D eigenvalue weighted by Gasteiger charge is 2.26. The zero-order valence-corrected chi connectivity index (χ0v) is 17.8. The van der Waals surface area contributed by atoms with Gasteiger partial charge in [-0.3, -0.25) is 0 Å². The molecule has 3 aromatic rings. The van der Waals surface area contributed by atoms with E-state index in [1.807, 2.05) is 86.0 Å². The summed E-state index contributed by atoms with van der Waals surface area (Å²) in [5.41, 5.74) is 2.82. The van der Waals surface area contributed by atoms with Crippen LogP contribution in [0.2, 0.25) is 0 Å². The SMILES string of the molecule is COc1ccc([C@H](O)[C@@H](SC)c2ccccc2[S@@](=O)c2ccc(C)cc2)cc1. The number of thioether (sulfide) groups is 1. The van der Waals surface area contributed by atoms with Crippen molar-refractivity contribution in [1.29, 1.82) is 0 Å². The molecule has 0 saturated carbocycles. The lowest BCUT2D eigenvalue weighted by atomic mass is 10.0. The van der Waals surface area contributed by atoms with E-state index in [4.69, 9.17) is 4.74 Å². The average Bonchev–Trinajstić information content (AvgIpc) is 2.74. The van der Waals surface area contributed by atoms with Crippen LogP contribution in [0.5, 0.6) is 5.75 Å². The third-order valence-corrected chi connectivity index (χ3v) is 7.15. The van der Waals surface area contributed by atoms with Crippen LogP contribution in [0.4, 0.5) is 0 Å². The zero-order valence-electron chi connectivity index (χ0n) is 16.2. The molecule has 0 aliphatic heterocycles. The zero-order chi connectivity index (χ0) is 20.1. The molecule has 0 heterocycles. The highest BCUT2D eigenvalue weighted by molar-refractivity contribution is 7.98. The van der Waals surface area contributed by atoms with Crippen LogP contribution in [0.3, 0.4) is 0 Å². The van der Waals surface area contributed by atoms with E-state index >= 15 is 0 Å². The van der Waals surface area contributed by atoms with Gasteiger partial charge in [-0.05, 0) is 54.6 Å². The first-order valence-corrected chi connectivity index (χ1v) is 11.4. The molecule has 3 nitrogen and oxygen atoms in total. The molecule has 0 saturated heterocycles. The summed E-state index contributed by atoms with van der Waals surface area (Å²) in [6.07, 6.45) is 1.24. The summed E-state index contributed by atoms with van der Waals surface area (Å²) >= 11 is 1.55. The first-order chi connectivity index (χ1) is 13.5. The molecule has 0 aromatic heterocycles. The maximum absolute atomic E-state index is 13.2. The van der Waals surface area contributed by atoms with Crippen LogP contribution in [0.15, 0.2) is 82.6 Å². The molecule has 0 aliphatic rings. The van der Waals surface area contributed by atoms with Gasteiger partial charge >= 0.3 is 0 Å². The second kappa shape index (κ2) is 9.41. The minimum absolute atomic E-state index is 0.237. The number of aliphatic hydroxyl groups is 1. The van der Waals surface area contributed by atoms with Gasteiger partial charge in [0.05, 0.1) is 29.3 Å². The fourth-order valence-electron chi connectivity index (χ4n) is 3.08. The maximum atomic E-state index is 13.2. The summed E-state index contributed by atoms with van der Waals surface area (Å²) < 4.78 is 18.4. The van der Waals surface area contributed by atoms with Crippen LogP contribution < -0.4 is 4.74 Å². The third-order valence-electron chi connectivity index (χ3n) is 4.66. The van der Waals surface area contributed by atoms with Crippen molar-refractivity contribution in [1.82, 2.24) is 0 Å². The Morgan fingerprint density at radius 3 is 2.21 bits per heavy atom. The lowest BCUT2D eigenvalue weighted by Crippen LogP contribution is -2.11. The topological polar surface area (TPSA) is 46.5 Å². The van der Waals surface area contributed by atoms with Crippen molar-refractivity contribution in [3.8, 4) is 5.75 Å². The van der Waals surface area contributed by atoms with Crippen LogP contribution in [-0.2, 0) is 10.8 Å². The van der Waals surface area contributed by atoms with E-state index in [0.29, 0.717) is 0 Å². The molecule has 0 spiro atoms. The quantitative estimate of drug-likeness (QED) is 0.571. The summed E-state index contributed by atoms with van der Waals surface area (Å²) in [7, 11) is 0.307. The van der Waals surface area contributed by atoms with Gasteiger partial charge in [0.15, 0.2) is 0 Å². The molecule has 3 aromatic carbocycles. The Kier molecular flexibility index (Phi) is 6.94. The summed E-state index contributed by atoms with van der Waals surface area (Å²) in [5, 5.41) is 10.8. The number of aliphatic hydroxyl groups excluding tert-OH is 1. The minimum atomic E-state index is -1.31. The average molecular weight is 413 g/mol. The van der Waals surface area contributed by atoms with Crippen LogP contribution in [-0.4, -0.2) is 22.7 Å². The summed E-state index contributed by atoms with van der Waals surface area (Å²) in [5.74, 6) is 0.748. The highest BCUT2D eigenvalue weighted by atomic mass is 32.2. The summed E-state index contributed by atoms with van der Waals surface area (Å²) in [4.78, 5) is 1.50. The normalized spacial score (nSPS) is 14.3. The third kappa shape index (κ3) is 4.49. The van der Waals surface area contributed by atoms with E-state index < -0.39 is 16.9 Å². The molecule has 5 heteroatoms. The van der Waals surface area contributed by atoms with Gasteiger partial charge < -0.3 is 9.84 Å². The smallest absolute Gasteiger partial charge is 0.118 e. The van der Waals surface area contributed by atoms with E-state index in [-0.39, 0.29) is 5.25 Å². The van der Waals surface area contributed by atoms with Gasteiger partial charge in [-0.15, -0.1) is 0 Å². The molecule has 0 fully saturated rings. The van der Waals surface area contributed by atoms with Crippen molar-refractivity contribution in [2.24, 2.45) is 0 Å². The monoisotopic (exact) mass is 412 g/mol. The fraction of sp³-hybridized carbons (Fsp3) is 0.217. The van der Waals surface area contributed by atoms with Gasteiger partial charge in [-0.25, -0.2) is 4.21 Å². The van der Waals surface area contributed by atoms with Crippen LogP contribution in [0, 0.1) is 6.92 Å². The number of methoxy groups -OCH3 is 1. The van der Waals surface area contributed by atoms with Gasteiger partial charge in [-0.1, -0.05) is 48.0 Å². The van der Waals surface area contributed by atoms with E-state index in [1.165, 1.54) is 0 Å². The second-order valence-corrected chi connectivity index (χ2v) is 8.92. The molecule has 3 atom stereocenters. The first kappa shape index (κ1) is 20.6. The number of hydrogen-bond acceptors (Lipinski definition) is 4. The lowest BCUT2D eigenvalue weighted by Gasteiger charge is -2.24. The van der Waals surface area contributed by atoms with Gasteiger partial charge in [0.2, 0.25) is 0 Å². The molecule has 1 N–H and O–H groups in total. The molecule has 0 amide bonds. The van der Waals surface area contributed by atoms with Gasteiger partial charge in [0, 0.05) is 9.79 Å². The summed E-state index contributed by atoms with van der Waals surface area (Å²) in [6.45, 7) is 2.01. The maximum Gasteiger partial charge on any atom is 0.118 e. The Morgan fingerprint density at radius 2 is 1.61 bits per heavy atom. The van der Waals surface area contributed by atoms with E-state index in [2.05, 4.69) is 0 Å². The van der Waals surface area contributed by atoms with Crippen LogP contribution >= 0.6 is 11.8 Å². The van der Waals surface area contributed by atoms with Gasteiger partial charge in [0.1, 0.15) is 5.75 Å². The number of ether oxygens (including phenoxy) is 1. The van der Waals surface area contributed by atoms with Crippen LogP contribution in [0.1, 0.15) is 28.0 Å². The molecular formula is C23H24O3S2. The molecule has 3 rings (SSSR count). The molecular weight excluding hydrogens is 388 g/mol. The fourth-order valence-corrected chi connectivity index (χ4v) is 5.27.